The van der Waals surface area contributed by atoms with Crippen LogP contribution in [-0.4, -0.2) is 37.2 Å². The summed E-state index contributed by atoms with van der Waals surface area (Å²) >= 11 is 0. The first-order valence-electron chi connectivity index (χ1n) is 28.6. The summed E-state index contributed by atoms with van der Waals surface area (Å²) in [4.78, 5) is 38.1. The highest BCUT2D eigenvalue weighted by molar-refractivity contribution is 5.71. The van der Waals surface area contributed by atoms with Crippen LogP contribution >= 0.6 is 0 Å². The Morgan fingerprint density at radius 1 is 0.312 bits per heavy atom. The fraction of sp³-hybridized carbons (Fsp3) is 0.948. The van der Waals surface area contributed by atoms with E-state index in [9.17, 15) is 14.4 Å². The maximum Gasteiger partial charge on any atom is 0.306 e. The number of unbranched alkanes of at least 4 members (excludes halogenated alkanes) is 33. The van der Waals surface area contributed by atoms with Crippen molar-refractivity contribution >= 4 is 17.9 Å². The van der Waals surface area contributed by atoms with Gasteiger partial charge < -0.3 is 14.2 Å². The van der Waals surface area contributed by atoms with Gasteiger partial charge in [0.05, 0.1) is 0 Å². The van der Waals surface area contributed by atoms with Crippen molar-refractivity contribution in [2.24, 2.45) is 17.8 Å². The van der Waals surface area contributed by atoms with E-state index in [1.165, 1.54) is 199 Å². The summed E-state index contributed by atoms with van der Waals surface area (Å²) in [6, 6.07) is 0. The second-order valence-electron chi connectivity index (χ2n) is 21.1. The number of hydrogen-bond donors (Lipinski definition) is 0. The standard InChI is InChI=1S/C58H112O6/c1-7-54(6)46-40-34-28-22-16-10-8-9-11-17-23-29-35-41-47-56(59)62-50-55(64-58(61)49-43-37-31-25-19-13-15-21-27-33-39-45-53(4)5)51-63-57(60)48-42-36-30-24-18-12-14-20-26-32-38-44-52(2)3/h52-55H,7-51H2,1-6H3/t54?,55-/m0/s1. The molecule has 0 aromatic carbocycles. The molecule has 0 heterocycles. The monoisotopic (exact) mass is 905 g/mol. The van der Waals surface area contributed by atoms with Crippen molar-refractivity contribution in [3.63, 3.8) is 0 Å². The Morgan fingerprint density at radius 2 is 0.547 bits per heavy atom. The predicted molar refractivity (Wildman–Crippen MR) is 275 cm³/mol. The molecule has 0 aliphatic rings. The highest BCUT2D eigenvalue weighted by Crippen LogP contribution is 2.19. The van der Waals surface area contributed by atoms with E-state index < -0.39 is 6.10 Å². The molecule has 6 heteroatoms. The third kappa shape index (κ3) is 49.8. The molecule has 1 unspecified atom stereocenters. The van der Waals surface area contributed by atoms with Crippen molar-refractivity contribution in [3.05, 3.63) is 0 Å². The van der Waals surface area contributed by atoms with Crippen LogP contribution in [0.15, 0.2) is 0 Å². The largest absolute Gasteiger partial charge is 0.462 e. The molecule has 0 bridgehead atoms. The number of hydrogen-bond acceptors (Lipinski definition) is 6. The minimum atomic E-state index is -0.763. The molecule has 0 aromatic heterocycles. The molecule has 0 radical (unpaired) electrons. The van der Waals surface area contributed by atoms with E-state index in [2.05, 4.69) is 41.5 Å². The van der Waals surface area contributed by atoms with E-state index in [1.807, 2.05) is 0 Å². The second kappa shape index (κ2) is 49.3. The smallest absolute Gasteiger partial charge is 0.306 e. The molecule has 0 saturated heterocycles. The molecule has 0 rings (SSSR count). The van der Waals surface area contributed by atoms with Gasteiger partial charge in [-0.3, -0.25) is 14.4 Å². The molecule has 0 saturated carbocycles. The van der Waals surface area contributed by atoms with Crippen LogP contribution < -0.4 is 0 Å². The summed E-state index contributed by atoms with van der Waals surface area (Å²) in [5.41, 5.74) is 0. The van der Waals surface area contributed by atoms with Gasteiger partial charge in [-0.25, -0.2) is 0 Å². The van der Waals surface area contributed by atoms with Crippen molar-refractivity contribution < 1.29 is 28.6 Å². The van der Waals surface area contributed by atoms with Crippen LogP contribution in [0.1, 0.15) is 318 Å². The Morgan fingerprint density at radius 3 is 0.812 bits per heavy atom. The van der Waals surface area contributed by atoms with Crippen molar-refractivity contribution in [1.82, 2.24) is 0 Å². The Balaban J connectivity index is 4.30. The van der Waals surface area contributed by atoms with Crippen LogP contribution in [0.4, 0.5) is 0 Å². The van der Waals surface area contributed by atoms with Gasteiger partial charge >= 0.3 is 17.9 Å². The summed E-state index contributed by atoms with van der Waals surface area (Å²) < 4.78 is 16.9. The van der Waals surface area contributed by atoms with Gasteiger partial charge in [0.2, 0.25) is 0 Å². The fourth-order valence-corrected chi connectivity index (χ4v) is 8.79. The van der Waals surface area contributed by atoms with Gasteiger partial charge in [0, 0.05) is 19.3 Å². The van der Waals surface area contributed by atoms with E-state index in [4.69, 9.17) is 14.2 Å². The van der Waals surface area contributed by atoms with Gasteiger partial charge in [-0.05, 0) is 37.0 Å². The van der Waals surface area contributed by atoms with Crippen LogP contribution in [0.5, 0.6) is 0 Å². The summed E-state index contributed by atoms with van der Waals surface area (Å²) in [5, 5.41) is 0. The molecule has 0 aliphatic carbocycles. The Hall–Kier alpha value is -1.59. The lowest BCUT2D eigenvalue weighted by Crippen LogP contribution is -2.30. The van der Waals surface area contributed by atoms with Crippen LogP contribution in [0.3, 0.4) is 0 Å². The SMILES string of the molecule is CCC(C)CCCCCCCCCCCCCCCCC(=O)OC[C@@H](COC(=O)CCCCCCCCCCCCCC(C)C)OC(=O)CCCCCCCCCCCCCC(C)C. The molecule has 380 valence electrons. The van der Waals surface area contributed by atoms with Gasteiger partial charge in [-0.15, -0.1) is 0 Å². The maximum absolute atomic E-state index is 12.8. The first-order valence-corrected chi connectivity index (χ1v) is 28.6. The first-order chi connectivity index (χ1) is 31.1. The fourth-order valence-electron chi connectivity index (χ4n) is 8.79. The minimum Gasteiger partial charge on any atom is -0.462 e. The molecule has 0 amide bonds. The number of esters is 3. The first kappa shape index (κ1) is 62.4. The molecule has 6 nitrogen and oxygen atoms in total. The summed E-state index contributed by atoms with van der Waals surface area (Å²) in [5.74, 6) is 1.70. The highest BCUT2D eigenvalue weighted by Gasteiger charge is 2.19. The van der Waals surface area contributed by atoms with Crippen molar-refractivity contribution in [1.29, 1.82) is 0 Å². The lowest BCUT2D eigenvalue weighted by atomic mass is 9.99. The molecule has 2 atom stereocenters. The van der Waals surface area contributed by atoms with Crippen molar-refractivity contribution in [2.45, 2.75) is 324 Å². The normalized spacial score (nSPS) is 12.6. The number of rotatable bonds is 51. The van der Waals surface area contributed by atoms with E-state index >= 15 is 0 Å². The van der Waals surface area contributed by atoms with Gasteiger partial charge in [0.1, 0.15) is 13.2 Å². The zero-order valence-corrected chi connectivity index (χ0v) is 44.1. The summed E-state index contributed by atoms with van der Waals surface area (Å²) in [6.45, 7) is 13.8. The highest BCUT2D eigenvalue weighted by atomic mass is 16.6. The van der Waals surface area contributed by atoms with Crippen LogP contribution in [0.25, 0.3) is 0 Å². The van der Waals surface area contributed by atoms with Gasteiger partial charge in [0.25, 0.3) is 0 Å². The van der Waals surface area contributed by atoms with Crippen LogP contribution in [0, 0.1) is 17.8 Å². The molecular weight excluding hydrogens is 793 g/mol. The van der Waals surface area contributed by atoms with Crippen molar-refractivity contribution in [2.75, 3.05) is 13.2 Å². The third-order valence-corrected chi connectivity index (χ3v) is 13.5. The molecule has 0 aromatic rings. The van der Waals surface area contributed by atoms with Crippen LogP contribution in [-0.2, 0) is 28.6 Å². The molecule has 0 N–H and O–H groups in total. The lowest BCUT2D eigenvalue weighted by molar-refractivity contribution is -0.167. The zero-order valence-electron chi connectivity index (χ0n) is 44.1. The van der Waals surface area contributed by atoms with E-state index in [0.29, 0.717) is 19.3 Å². The maximum atomic E-state index is 12.8. The Kier molecular flexibility index (Phi) is 48.1. The average molecular weight is 906 g/mol. The van der Waals surface area contributed by atoms with Gasteiger partial charge in [0.15, 0.2) is 6.10 Å². The summed E-state index contributed by atoms with van der Waals surface area (Å²) in [6.07, 6.45) is 50.8. The molecule has 0 fully saturated rings. The van der Waals surface area contributed by atoms with Crippen LogP contribution in [0.2, 0.25) is 0 Å². The topological polar surface area (TPSA) is 78.9 Å². The lowest BCUT2D eigenvalue weighted by Gasteiger charge is -2.18. The van der Waals surface area contributed by atoms with Gasteiger partial charge in [-0.2, -0.15) is 0 Å². The van der Waals surface area contributed by atoms with E-state index in [-0.39, 0.29) is 31.1 Å². The van der Waals surface area contributed by atoms with E-state index in [1.54, 1.807) is 0 Å². The molecular formula is C58H112O6. The Bertz CT molecular complexity index is 993. The molecule has 0 aliphatic heterocycles. The predicted octanol–water partition coefficient (Wildman–Crippen LogP) is 18.7. The number of ether oxygens (including phenoxy) is 3. The number of carbonyl (C=O) groups excluding carboxylic acids is 3. The quantitative estimate of drug-likeness (QED) is 0.0344. The second-order valence-corrected chi connectivity index (χ2v) is 21.1. The molecule has 64 heavy (non-hydrogen) atoms. The third-order valence-electron chi connectivity index (χ3n) is 13.5. The summed E-state index contributed by atoms with van der Waals surface area (Å²) in [7, 11) is 0. The Labute approximate surface area is 399 Å². The van der Waals surface area contributed by atoms with E-state index in [0.717, 1.165) is 75.5 Å². The zero-order chi connectivity index (χ0) is 47.0. The molecule has 0 spiro atoms. The number of carbonyl (C=O) groups is 3. The van der Waals surface area contributed by atoms with Gasteiger partial charge in [-0.1, -0.05) is 279 Å². The van der Waals surface area contributed by atoms with Crippen molar-refractivity contribution in [3.8, 4) is 0 Å². The minimum absolute atomic E-state index is 0.0637. The average Bonchev–Trinajstić information content (AvgIpc) is 3.27.